The molecule has 1 aliphatic rings. The molecule has 2 aromatic rings. The van der Waals surface area contributed by atoms with Gasteiger partial charge in [-0.1, -0.05) is 13.8 Å². The van der Waals surface area contributed by atoms with E-state index in [1.807, 2.05) is 18.5 Å². The second-order valence-electron chi connectivity index (χ2n) is 6.71. The van der Waals surface area contributed by atoms with Crippen molar-refractivity contribution in [1.29, 1.82) is 0 Å². The van der Waals surface area contributed by atoms with Gasteiger partial charge in [-0.25, -0.2) is 0 Å². The first kappa shape index (κ1) is 13.4. The molecule has 2 heterocycles. The molecule has 3 rings (SSSR count). The highest BCUT2D eigenvalue weighted by atomic mass is 16.3. The third kappa shape index (κ3) is 2.38. The SMILES string of the molecule is Cc1ccncc1Cn1ccc2c1CC(C)(C)CC2O. The smallest absolute Gasteiger partial charge is 0.0812 e. The van der Waals surface area contributed by atoms with Crippen molar-refractivity contribution in [2.24, 2.45) is 5.41 Å². The molecule has 3 heteroatoms. The summed E-state index contributed by atoms with van der Waals surface area (Å²) in [6, 6.07) is 4.12. The monoisotopic (exact) mass is 270 g/mol. The molecule has 0 amide bonds. The maximum atomic E-state index is 10.3. The van der Waals surface area contributed by atoms with Crippen LogP contribution in [0.1, 0.15) is 48.8 Å². The Morgan fingerprint density at radius 1 is 1.40 bits per heavy atom. The van der Waals surface area contributed by atoms with Gasteiger partial charge in [0.05, 0.1) is 6.10 Å². The second kappa shape index (κ2) is 4.74. The van der Waals surface area contributed by atoms with Gasteiger partial charge in [0.1, 0.15) is 0 Å². The van der Waals surface area contributed by atoms with Crippen molar-refractivity contribution in [3.8, 4) is 0 Å². The van der Waals surface area contributed by atoms with E-state index in [2.05, 4.69) is 42.6 Å². The number of aliphatic hydroxyl groups excluding tert-OH is 1. The predicted octanol–water partition coefficient (Wildman–Crippen LogP) is 3.25. The molecule has 106 valence electrons. The second-order valence-corrected chi connectivity index (χ2v) is 6.71. The van der Waals surface area contributed by atoms with E-state index < -0.39 is 0 Å². The van der Waals surface area contributed by atoms with E-state index in [4.69, 9.17) is 0 Å². The van der Waals surface area contributed by atoms with E-state index in [0.717, 1.165) is 24.9 Å². The molecular weight excluding hydrogens is 248 g/mol. The van der Waals surface area contributed by atoms with Crippen LogP contribution < -0.4 is 0 Å². The lowest BCUT2D eigenvalue weighted by Crippen LogP contribution is -2.26. The van der Waals surface area contributed by atoms with Crippen molar-refractivity contribution in [3.63, 3.8) is 0 Å². The summed E-state index contributed by atoms with van der Waals surface area (Å²) in [6.45, 7) is 7.40. The number of pyridine rings is 1. The molecule has 1 N–H and O–H groups in total. The van der Waals surface area contributed by atoms with Crippen LogP contribution in [0.5, 0.6) is 0 Å². The van der Waals surface area contributed by atoms with Crippen molar-refractivity contribution in [3.05, 3.63) is 53.1 Å². The van der Waals surface area contributed by atoms with Crippen molar-refractivity contribution in [2.75, 3.05) is 0 Å². The number of aliphatic hydroxyl groups is 1. The van der Waals surface area contributed by atoms with Gasteiger partial charge < -0.3 is 9.67 Å². The molecule has 3 nitrogen and oxygen atoms in total. The fourth-order valence-corrected chi connectivity index (χ4v) is 3.18. The highest BCUT2D eigenvalue weighted by Gasteiger charge is 2.33. The molecular formula is C17H22N2O. The minimum Gasteiger partial charge on any atom is -0.388 e. The highest BCUT2D eigenvalue weighted by molar-refractivity contribution is 5.31. The number of nitrogens with zero attached hydrogens (tertiary/aromatic N) is 2. The molecule has 0 saturated heterocycles. The normalized spacial score (nSPS) is 20.7. The fraction of sp³-hybridized carbons (Fsp3) is 0.471. The third-order valence-electron chi connectivity index (χ3n) is 4.35. The highest BCUT2D eigenvalue weighted by Crippen LogP contribution is 2.41. The largest absolute Gasteiger partial charge is 0.388 e. The molecule has 0 aliphatic heterocycles. The summed E-state index contributed by atoms with van der Waals surface area (Å²) >= 11 is 0. The Labute approximate surface area is 120 Å². The van der Waals surface area contributed by atoms with Crippen LogP contribution in [-0.4, -0.2) is 14.7 Å². The predicted molar refractivity (Wildman–Crippen MR) is 79.6 cm³/mol. The van der Waals surface area contributed by atoms with Gasteiger partial charge >= 0.3 is 0 Å². The molecule has 2 aromatic heterocycles. The summed E-state index contributed by atoms with van der Waals surface area (Å²) in [5.41, 5.74) is 5.04. The van der Waals surface area contributed by atoms with Gasteiger partial charge in [0, 0.05) is 36.4 Å². The average Bonchev–Trinajstić information content (AvgIpc) is 2.74. The van der Waals surface area contributed by atoms with Crippen molar-refractivity contribution in [2.45, 2.75) is 46.3 Å². The van der Waals surface area contributed by atoms with Crippen molar-refractivity contribution < 1.29 is 5.11 Å². The molecule has 0 spiro atoms. The standard InChI is InChI=1S/C17H22N2O/c1-12-4-6-18-10-13(12)11-19-7-5-14-15(19)8-17(2,3)9-16(14)20/h4-7,10,16,20H,8-9,11H2,1-3H3. The summed E-state index contributed by atoms with van der Waals surface area (Å²) in [7, 11) is 0. The molecule has 1 unspecified atom stereocenters. The van der Waals surface area contributed by atoms with Crippen LogP contribution >= 0.6 is 0 Å². The lowest BCUT2D eigenvalue weighted by Gasteiger charge is -2.34. The number of fused-ring (bicyclic) bond motifs is 1. The Kier molecular flexibility index (Phi) is 3.17. The summed E-state index contributed by atoms with van der Waals surface area (Å²) in [5.74, 6) is 0. The topological polar surface area (TPSA) is 38.0 Å². The zero-order valence-electron chi connectivity index (χ0n) is 12.4. The number of aryl methyl sites for hydroxylation is 1. The number of rotatable bonds is 2. The summed E-state index contributed by atoms with van der Waals surface area (Å²) in [5, 5.41) is 10.3. The van der Waals surface area contributed by atoms with E-state index in [0.29, 0.717) is 0 Å². The molecule has 0 fully saturated rings. The lowest BCUT2D eigenvalue weighted by molar-refractivity contribution is 0.0981. The molecule has 1 aliphatic carbocycles. The Morgan fingerprint density at radius 3 is 2.95 bits per heavy atom. The van der Waals surface area contributed by atoms with Crippen LogP contribution in [0.25, 0.3) is 0 Å². The van der Waals surface area contributed by atoms with Crippen LogP contribution in [-0.2, 0) is 13.0 Å². The Balaban J connectivity index is 1.95. The number of aromatic nitrogens is 2. The first-order valence-corrected chi connectivity index (χ1v) is 7.22. The van der Waals surface area contributed by atoms with Crippen LogP contribution in [0.15, 0.2) is 30.7 Å². The van der Waals surface area contributed by atoms with Crippen molar-refractivity contribution >= 4 is 0 Å². The van der Waals surface area contributed by atoms with Gasteiger partial charge in [-0.2, -0.15) is 0 Å². The molecule has 0 bridgehead atoms. The Morgan fingerprint density at radius 2 is 2.20 bits per heavy atom. The van der Waals surface area contributed by atoms with Crippen LogP contribution in [0.4, 0.5) is 0 Å². The minimum absolute atomic E-state index is 0.159. The zero-order valence-corrected chi connectivity index (χ0v) is 12.4. The van der Waals surface area contributed by atoms with Crippen LogP contribution in [0, 0.1) is 12.3 Å². The third-order valence-corrected chi connectivity index (χ3v) is 4.35. The Hall–Kier alpha value is -1.61. The van der Waals surface area contributed by atoms with E-state index in [1.165, 1.54) is 16.8 Å². The maximum absolute atomic E-state index is 10.3. The van der Waals surface area contributed by atoms with Gasteiger partial charge in [0.15, 0.2) is 0 Å². The van der Waals surface area contributed by atoms with E-state index >= 15 is 0 Å². The van der Waals surface area contributed by atoms with Gasteiger partial charge in [0.2, 0.25) is 0 Å². The number of hydrogen-bond donors (Lipinski definition) is 1. The first-order valence-electron chi connectivity index (χ1n) is 7.22. The molecule has 0 saturated carbocycles. The lowest BCUT2D eigenvalue weighted by atomic mass is 9.75. The van der Waals surface area contributed by atoms with Gasteiger partial charge in [-0.15, -0.1) is 0 Å². The van der Waals surface area contributed by atoms with Gasteiger partial charge in [0.25, 0.3) is 0 Å². The zero-order chi connectivity index (χ0) is 14.3. The Bertz CT molecular complexity index is 628. The van der Waals surface area contributed by atoms with E-state index in [1.54, 1.807) is 0 Å². The molecule has 1 atom stereocenters. The summed E-state index contributed by atoms with van der Waals surface area (Å²) in [4.78, 5) is 4.22. The van der Waals surface area contributed by atoms with Gasteiger partial charge in [-0.3, -0.25) is 4.98 Å². The maximum Gasteiger partial charge on any atom is 0.0812 e. The molecule has 0 aromatic carbocycles. The molecule has 20 heavy (non-hydrogen) atoms. The van der Waals surface area contributed by atoms with E-state index in [-0.39, 0.29) is 11.5 Å². The van der Waals surface area contributed by atoms with Crippen molar-refractivity contribution in [1.82, 2.24) is 9.55 Å². The first-order chi connectivity index (χ1) is 9.46. The summed E-state index contributed by atoms with van der Waals surface area (Å²) < 4.78 is 2.27. The average molecular weight is 270 g/mol. The van der Waals surface area contributed by atoms with Crippen LogP contribution in [0.3, 0.4) is 0 Å². The van der Waals surface area contributed by atoms with Crippen LogP contribution in [0.2, 0.25) is 0 Å². The molecule has 0 radical (unpaired) electrons. The van der Waals surface area contributed by atoms with Gasteiger partial charge in [-0.05, 0) is 48.4 Å². The fourth-order valence-electron chi connectivity index (χ4n) is 3.18. The van der Waals surface area contributed by atoms with E-state index in [9.17, 15) is 5.11 Å². The minimum atomic E-state index is -0.329. The number of hydrogen-bond acceptors (Lipinski definition) is 2. The quantitative estimate of drug-likeness (QED) is 0.909. The summed E-state index contributed by atoms with van der Waals surface area (Å²) in [6.07, 6.45) is 7.40.